The number of carbonyl (C=O) groups excluding carboxylic acids is 1. The van der Waals surface area contributed by atoms with E-state index in [1.165, 1.54) is 23.4 Å². The van der Waals surface area contributed by atoms with E-state index in [2.05, 4.69) is 39.9 Å². The number of carbonyl (C=O) groups is 1. The number of halogens is 1. The van der Waals surface area contributed by atoms with Crippen LogP contribution < -0.4 is 16.0 Å². The number of nitrogens with zero attached hydrogens (tertiary/aromatic N) is 3. The third-order valence-corrected chi connectivity index (χ3v) is 4.69. The number of benzene rings is 1. The Labute approximate surface area is 195 Å². The highest BCUT2D eigenvalue weighted by Crippen LogP contribution is 2.14. The van der Waals surface area contributed by atoms with Gasteiger partial charge in [-0.3, -0.25) is 14.5 Å². The number of phenols is 1. The van der Waals surface area contributed by atoms with Gasteiger partial charge in [0.25, 0.3) is 5.91 Å². The van der Waals surface area contributed by atoms with Gasteiger partial charge < -0.3 is 21.1 Å². The minimum atomic E-state index is -0.186. The fourth-order valence-electron chi connectivity index (χ4n) is 3.08. The topological polar surface area (TPSA) is 104 Å². The van der Waals surface area contributed by atoms with Crippen molar-refractivity contribution in [1.82, 2.24) is 25.7 Å². The molecule has 0 radical (unpaired) electrons. The highest BCUT2D eigenvalue weighted by Gasteiger charge is 2.14. The molecule has 4 N–H and O–H groups in total. The van der Waals surface area contributed by atoms with Crippen LogP contribution in [-0.4, -0.2) is 52.4 Å². The van der Waals surface area contributed by atoms with E-state index in [1.807, 2.05) is 25.6 Å². The lowest BCUT2D eigenvalue weighted by Crippen LogP contribution is -2.43. The van der Waals surface area contributed by atoms with Gasteiger partial charge in [-0.15, -0.1) is 24.0 Å². The summed E-state index contributed by atoms with van der Waals surface area (Å²) in [6.45, 7) is 9.88. The maximum Gasteiger partial charge on any atom is 0.251 e. The summed E-state index contributed by atoms with van der Waals surface area (Å²) in [7, 11) is 1.96. The van der Waals surface area contributed by atoms with Crippen LogP contribution >= 0.6 is 24.0 Å². The molecule has 0 fully saturated rings. The number of guanidine groups is 1. The van der Waals surface area contributed by atoms with Crippen molar-refractivity contribution in [2.75, 3.05) is 19.6 Å². The molecule has 0 bridgehead atoms. The SMILES string of the molecule is CCNC(=NCCNC(=O)c1ccc(O)cc1)NC(C)Cc1c(C)nn(C)c1C.I. The molecular weight excluding hydrogens is 495 g/mol. The van der Waals surface area contributed by atoms with Crippen LogP contribution in [0.2, 0.25) is 0 Å². The van der Waals surface area contributed by atoms with Crippen molar-refractivity contribution in [3.05, 3.63) is 46.8 Å². The number of aromatic hydroxyl groups is 1. The average molecular weight is 528 g/mol. The van der Waals surface area contributed by atoms with Crippen molar-refractivity contribution in [2.45, 2.75) is 40.2 Å². The second-order valence-electron chi connectivity index (χ2n) is 7.09. The van der Waals surface area contributed by atoms with Gasteiger partial charge in [0.1, 0.15) is 5.75 Å². The van der Waals surface area contributed by atoms with Crippen LogP contribution in [0.25, 0.3) is 0 Å². The molecule has 9 heteroatoms. The summed E-state index contributed by atoms with van der Waals surface area (Å²) >= 11 is 0. The van der Waals surface area contributed by atoms with E-state index in [1.54, 1.807) is 12.1 Å². The number of hydrogen-bond donors (Lipinski definition) is 4. The number of aromatic nitrogens is 2. The number of phenolic OH excluding ortho intramolecular Hbond substituents is 1. The molecule has 2 rings (SSSR count). The Hall–Kier alpha value is -2.30. The van der Waals surface area contributed by atoms with E-state index in [0.717, 1.165) is 24.6 Å². The molecule has 1 heterocycles. The van der Waals surface area contributed by atoms with E-state index < -0.39 is 0 Å². The highest BCUT2D eigenvalue weighted by molar-refractivity contribution is 14.0. The molecule has 0 aliphatic rings. The minimum Gasteiger partial charge on any atom is -0.508 e. The molecule has 1 aromatic carbocycles. The van der Waals surface area contributed by atoms with Gasteiger partial charge in [-0.05, 0) is 63.9 Å². The average Bonchev–Trinajstić information content (AvgIpc) is 2.91. The molecule has 0 saturated heterocycles. The second-order valence-corrected chi connectivity index (χ2v) is 7.09. The van der Waals surface area contributed by atoms with Crippen LogP contribution in [0.3, 0.4) is 0 Å². The number of rotatable bonds is 8. The quantitative estimate of drug-likeness (QED) is 0.182. The van der Waals surface area contributed by atoms with Crippen LogP contribution in [0.5, 0.6) is 5.75 Å². The van der Waals surface area contributed by atoms with Crippen LogP contribution in [0.4, 0.5) is 0 Å². The van der Waals surface area contributed by atoms with Crippen LogP contribution in [-0.2, 0) is 13.5 Å². The Morgan fingerprint density at radius 1 is 1.23 bits per heavy atom. The summed E-state index contributed by atoms with van der Waals surface area (Å²) in [5, 5.41) is 23.3. The minimum absolute atomic E-state index is 0. The standard InChI is InChI=1S/C21H32N6O2.HI/c1-6-22-21(25-14(2)13-19-15(3)26-27(5)16(19)4)24-12-11-23-20(29)17-7-9-18(28)10-8-17;/h7-10,14,28H,6,11-13H2,1-5H3,(H,23,29)(H2,22,24,25);1H. The molecule has 1 amide bonds. The van der Waals surface area contributed by atoms with Crippen LogP contribution in [0, 0.1) is 13.8 Å². The third kappa shape index (κ3) is 7.51. The number of nitrogens with one attached hydrogen (secondary N) is 3. The zero-order valence-corrected chi connectivity index (χ0v) is 20.7. The summed E-state index contributed by atoms with van der Waals surface area (Å²) in [5.41, 5.74) is 3.99. The first kappa shape index (κ1) is 25.7. The van der Waals surface area contributed by atoms with Gasteiger partial charge >= 0.3 is 0 Å². The number of hydrogen-bond acceptors (Lipinski definition) is 4. The number of aryl methyl sites for hydroxylation is 2. The Kier molecular flexibility index (Phi) is 10.6. The molecular formula is C21H33IN6O2. The Bertz CT molecular complexity index is 848. The Morgan fingerprint density at radius 3 is 2.47 bits per heavy atom. The lowest BCUT2D eigenvalue weighted by Gasteiger charge is -2.18. The summed E-state index contributed by atoms with van der Waals surface area (Å²) in [6.07, 6.45) is 0.855. The Balaban J connectivity index is 0.00000450. The molecule has 0 spiro atoms. The predicted octanol–water partition coefficient (Wildman–Crippen LogP) is 2.28. The normalized spacial score (nSPS) is 12.1. The largest absolute Gasteiger partial charge is 0.508 e. The molecule has 0 aliphatic carbocycles. The fraction of sp³-hybridized carbons (Fsp3) is 0.476. The van der Waals surface area contributed by atoms with Crippen molar-refractivity contribution in [2.24, 2.45) is 12.0 Å². The summed E-state index contributed by atoms with van der Waals surface area (Å²) < 4.78 is 1.91. The van der Waals surface area contributed by atoms with Gasteiger partial charge in [0, 0.05) is 37.4 Å². The van der Waals surface area contributed by atoms with Gasteiger partial charge in [-0.2, -0.15) is 5.10 Å². The lowest BCUT2D eigenvalue weighted by atomic mass is 10.1. The van der Waals surface area contributed by atoms with Gasteiger partial charge in [-0.1, -0.05) is 0 Å². The number of aliphatic imine (C=N–C) groups is 1. The molecule has 1 unspecified atom stereocenters. The smallest absolute Gasteiger partial charge is 0.251 e. The zero-order chi connectivity index (χ0) is 21.4. The molecule has 0 saturated carbocycles. The zero-order valence-electron chi connectivity index (χ0n) is 18.3. The van der Waals surface area contributed by atoms with E-state index in [0.29, 0.717) is 18.7 Å². The first-order valence-electron chi connectivity index (χ1n) is 9.93. The maximum absolute atomic E-state index is 12.1. The maximum atomic E-state index is 12.1. The molecule has 166 valence electrons. The molecule has 30 heavy (non-hydrogen) atoms. The number of amides is 1. The van der Waals surface area contributed by atoms with Crippen molar-refractivity contribution in [3.63, 3.8) is 0 Å². The van der Waals surface area contributed by atoms with Crippen molar-refractivity contribution >= 4 is 35.8 Å². The van der Waals surface area contributed by atoms with Gasteiger partial charge in [0.15, 0.2) is 5.96 Å². The van der Waals surface area contributed by atoms with E-state index in [4.69, 9.17) is 0 Å². The summed E-state index contributed by atoms with van der Waals surface area (Å²) in [6, 6.07) is 6.34. The van der Waals surface area contributed by atoms with E-state index in [9.17, 15) is 9.90 Å². The van der Waals surface area contributed by atoms with Gasteiger partial charge in [0.2, 0.25) is 0 Å². The fourth-order valence-corrected chi connectivity index (χ4v) is 3.08. The monoisotopic (exact) mass is 528 g/mol. The van der Waals surface area contributed by atoms with Crippen molar-refractivity contribution < 1.29 is 9.90 Å². The second kappa shape index (κ2) is 12.4. The Morgan fingerprint density at radius 2 is 1.90 bits per heavy atom. The van der Waals surface area contributed by atoms with Gasteiger partial charge in [-0.25, -0.2) is 0 Å². The molecule has 2 aromatic rings. The third-order valence-electron chi connectivity index (χ3n) is 4.69. The highest BCUT2D eigenvalue weighted by atomic mass is 127. The summed E-state index contributed by atoms with van der Waals surface area (Å²) in [5.74, 6) is 0.672. The molecule has 1 aromatic heterocycles. The van der Waals surface area contributed by atoms with Crippen molar-refractivity contribution in [1.29, 1.82) is 0 Å². The summed E-state index contributed by atoms with van der Waals surface area (Å²) in [4.78, 5) is 16.6. The first-order valence-corrected chi connectivity index (χ1v) is 9.93. The van der Waals surface area contributed by atoms with Crippen molar-refractivity contribution in [3.8, 4) is 5.75 Å². The first-order chi connectivity index (χ1) is 13.8. The van der Waals surface area contributed by atoms with Gasteiger partial charge in [0.05, 0.1) is 12.2 Å². The molecule has 0 aliphatic heterocycles. The predicted molar refractivity (Wildman–Crippen MR) is 131 cm³/mol. The van der Waals surface area contributed by atoms with Crippen LogP contribution in [0.15, 0.2) is 29.3 Å². The van der Waals surface area contributed by atoms with Crippen LogP contribution in [0.1, 0.15) is 41.2 Å². The van der Waals surface area contributed by atoms with E-state index >= 15 is 0 Å². The molecule has 8 nitrogen and oxygen atoms in total. The lowest BCUT2D eigenvalue weighted by molar-refractivity contribution is 0.0955. The van der Waals surface area contributed by atoms with E-state index in [-0.39, 0.29) is 41.7 Å². The molecule has 1 atom stereocenters.